The second kappa shape index (κ2) is 13.5. The molecule has 156 valence electrons. The van der Waals surface area contributed by atoms with Gasteiger partial charge in [-0.15, -0.1) is 24.0 Å². The second-order valence-corrected chi connectivity index (χ2v) is 6.17. The summed E-state index contributed by atoms with van der Waals surface area (Å²) >= 11 is 0. The lowest BCUT2D eigenvalue weighted by atomic mass is 10.3. The van der Waals surface area contributed by atoms with Crippen molar-refractivity contribution in [3.8, 4) is 5.82 Å². The first kappa shape index (κ1) is 24.3. The van der Waals surface area contributed by atoms with Gasteiger partial charge in [-0.05, 0) is 38.0 Å². The molecule has 28 heavy (non-hydrogen) atoms. The van der Waals surface area contributed by atoms with E-state index in [1.807, 2.05) is 42.9 Å². The Morgan fingerprint density at radius 3 is 2.61 bits per heavy atom. The molecule has 2 aromatic rings. The molecular formula is C19H31IN6O2. The van der Waals surface area contributed by atoms with Gasteiger partial charge in [-0.2, -0.15) is 5.10 Å². The van der Waals surface area contributed by atoms with Gasteiger partial charge >= 0.3 is 0 Å². The van der Waals surface area contributed by atoms with Crippen LogP contribution in [0.2, 0.25) is 0 Å². The van der Waals surface area contributed by atoms with Crippen molar-refractivity contribution in [1.82, 2.24) is 25.4 Å². The Morgan fingerprint density at radius 1 is 1.18 bits per heavy atom. The number of hydrogen-bond donors (Lipinski definition) is 2. The maximum absolute atomic E-state index is 5.44. The van der Waals surface area contributed by atoms with Crippen molar-refractivity contribution < 1.29 is 9.47 Å². The summed E-state index contributed by atoms with van der Waals surface area (Å²) in [5.74, 6) is 1.58. The number of ether oxygens (including phenoxy) is 2. The molecule has 2 heterocycles. The lowest BCUT2D eigenvalue weighted by Crippen LogP contribution is -2.37. The third-order valence-electron chi connectivity index (χ3n) is 3.91. The summed E-state index contributed by atoms with van der Waals surface area (Å²) in [6, 6.07) is 6.06. The van der Waals surface area contributed by atoms with Crippen LogP contribution in [0.1, 0.15) is 23.4 Å². The van der Waals surface area contributed by atoms with Crippen molar-refractivity contribution in [2.75, 3.05) is 40.5 Å². The van der Waals surface area contributed by atoms with Crippen molar-refractivity contribution in [2.24, 2.45) is 4.99 Å². The fourth-order valence-electron chi connectivity index (χ4n) is 2.54. The quantitative estimate of drug-likeness (QED) is 0.224. The van der Waals surface area contributed by atoms with Gasteiger partial charge in [0.25, 0.3) is 0 Å². The van der Waals surface area contributed by atoms with Gasteiger partial charge in [0.15, 0.2) is 11.8 Å². The van der Waals surface area contributed by atoms with E-state index in [-0.39, 0.29) is 24.0 Å². The summed E-state index contributed by atoms with van der Waals surface area (Å²) < 4.78 is 12.2. The number of pyridine rings is 1. The summed E-state index contributed by atoms with van der Waals surface area (Å²) in [6.07, 6.45) is 2.76. The molecule has 0 aliphatic heterocycles. The van der Waals surface area contributed by atoms with Crippen LogP contribution in [0.25, 0.3) is 5.82 Å². The number of hydrogen-bond acceptors (Lipinski definition) is 5. The number of aryl methyl sites for hydroxylation is 2. The number of aromatic nitrogens is 3. The summed E-state index contributed by atoms with van der Waals surface area (Å²) in [5, 5.41) is 11.0. The van der Waals surface area contributed by atoms with Gasteiger partial charge in [0.1, 0.15) is 0 Å². The van der Waals surface area contributed by atoms with Crippen molar-refractivity contribution >= 4 is 29.9 Å². The van der Waals surface area contributed by atoms with Crippen molar-refractivity contribution in [3.63, 3.8) is 0 Å². The summed E-state index contributed by atoms with van der Waals surface area (Å²) in [5.41, 5.74) is 3.13. The molecule has 2 rings (SSSR count). The third kappa shape index (κ3) is 8.11. The number of rotatable bonds is 10. The molecule has 0 saturated carbocycles. The van der Waals surface area contributed by atoms with Crippen LogP contribution >= 0.6 is 24.0 Å². The minimum atomic E-state index is 0. The van der Waals surface area contributed by atoms with Crippen molar-refractivity contribution in [2.45, 2.75) is 26.8 Å². The molecular weight excluding hydrogens is 471 g/mol. The zero-order valence-electron chi connectivity index (χ0n) is 17.1. The van der Waals surface area contributed by atoms with Crippen LogP contribution in [0, 0.1) is 13.8 Å². The predicted octanol–water partition coefficient (Wildman–Crippen LogP) is 2.22. The van der Waals surface area contributed by atoms with Crippen LogP contribution in [0.5, 0.6) is 0 Å². The average Bonchev–Trinajstić information content (AvgIpc) is 3.02. The Labute approximate surface area is 184 Å². The number of nitrogens with one attached hydrogen (secondary N) is 2. The molecule has 9 heteroatoms. The van der Waals surface area contributed by atoms with E-state index >= 15 is 0 Å². The Hall–Kier alpha value is -1.72. The molecule has 0 aliphatic carbocycles. The molecule has 0 fully saturated rings. The maximum Gasteiger partial charge on any atom is 0.191 e. The van der Waals surface area contributed by atoms with Gasteiger partial charge in [-0.3, -0.25) is 4.99 Å². The second-order valence-electron chi connectivity index (χ2n) is 6.17. The highest BCUT2D eigenvalue weighted by molar-refractivity contribution is 14.0. The van der Waals surface area contributed by atoms with Gasteiger partial charge in [0.05, 0.1) is 18.9 Å². The fourth-order valence-corrected chi connectivity index (χ4v) is 2.54. The number of halogens is 1. The fraction of sp³-hybridized carbons (Fsp3) is 0.526. The Balaban J connectivity index is 0.00000392. The number of aliphatic imine (C=N–C) groups is 1. The third-order valence-corrected chi connectivity index (χ3v) is 3.91. The van der Waals surface area contributed by atoms with Crippen LogP contribution in [0.4, 0.5) is 0 Å². The first-order chi connectivity index (χ1) is 13.1. The molecule has 2 aromatic heterocycles. The minimum absolute atomic E-state index is 0. The molecule has 0 bridgehead atoms. The predicted molar refractivity (Wildman–Crippen MR) is 122 cm³/mol. The van der Waals surface area contributed by atoms with E-state index < -0.39 is 0 Å². The van der Waals surface area contributed by atoms with E-state index in [4.69, 9.17) is 9.47 Å². The molecule has 0 atom stereocenters. The van der Waals surface area contributed by atoms with Crippen LogP contribution in [0.15, 0.2) is 29.4 Å². The lowest BCUT2D eigenvalue weighted by Gasteiger charge is -2.12. The first-order valence-corrected chi connectivity index (χ1v) is 9.14. The molecule has 0 amide bonds. The van der Waals surface area contributed by atoms with Crippen molar-refractivity contribution in [3.05, 3.63) is 41.3 Å². The van der Waals surface area contributed by atoms with Gasteiger partial charge in [-0.25, -0.2) is 9.67 Å². The molecule has 0 unspecified atom stereocenters. The topological polar surface area (TPSA) is 85.6 Å². The standard InChI is InChI=1S/C19H30N6O2.HI/c1-15-12-16(2)25(24-15)18-7-6-17(13-22-18)14-23-19(20-3)21-8-5-9-27-11-10-26-4;/h6-7,12-13H,5,8-11,14H2,1-4H3,(H2,20,21,23);1H. The lowest BCUT2D eigenvalue weighted by molar-refractivity contribution is 0.0698. The SMILES string of the molecule is CN=C(NCCCOCCOC)NCc1ccc(-n2nc(C)cc2C)nc1.I. The Kier molecular flexibility index (Phi) is 11.7. The number of methoxy groups -OCH3 is 1. The summed E-state index contributed by atoms with van der Waals surface area (Å²) in [6.45, 7) is 7.40. The Morgan fingerprint density at radius 2 is 2.00 bits per heavy atom. The molecule has 0 aromatic carbocycles. The molecule has 0 saturated heterocycles. The molecule has 2 N–H and O–H groups in total. The number of guanidine groups is 1. The summed E-state index contributed by atoms with van der Waals surface area (Å²) in [7, 11) is 3.43. The van der Waals surface area contributed by atoms with E-state index in [9.17, 15) is 0 Å². The highest BCUT2D eigenvalue weighted by atomic mass is 127. The number of nitrogens with zero attached hydrogens (tertiary/aromatic N) is 4. The normalized spacial score (nSPS) is 11.2. The monoisotopic (exact) mass is 502 g/mol. The van der Waals surface area contributed by atoms with E-state index in [0.29, 0.717) is 26.4 Å². The largest absolute Gasteiger partial charge is 0.382 e. The summed E-state index contributed by atoms with van der Waals surface area (Å²) in [4.78, 5) is 8.74. The minimum Gasteiger partial charge on any atom is -0.382 e. The zero-order valence-corrected chi connectivity index (χ0v) is 19.4. The van der Waals surface area contributed by atoms with Gasteiger partial charge in [-0.1, -0.05) is 6.07 Å². The van der Waals surface area contributed by atoms with E-state index in [1.54, 1.807) is 14.2 Å². The Bertz CT molecular complexity index is 718. The first-order valence-electron chi connectivity index (χ1n) is 9.14. The van der Waals surface area contributed by atoms with E-state index in [2.05, 4.69) is 25.7 Å². The van der Waals surface area contributed by atoms with Gasteiger partial charge < -0.3 is 20.1 Å². The van der Waals surface area contributed by atoms with Crippen LogP contribution in [-0.2, 0) is 16.0 Å². The maximum atomic E-state index is 5.44. The van der Waals surface area contributed by atoms with E-state index in [1.165, 1.54) is 0 Å². The van der Waals surface area contributed by atoms with Gasteiger partial charge in [0, 0.05) is 45.7 Å². The highest BCUT2D eigenvalue weighted by Crippen LogP contribution is 2.10. The molecule has 0 aliphatic rings. The van der Waals surface area contributed by atoms with E-state index in [0.717, 1.165) is 41.7 Å². The van der Waals surface area contributed by atoms with Crippen LogP contribution in [-0.4, -0.2) is 61.2 Å². The van der Waals surface area contributed by atoms with Crippen LogP contribution < -0.4 is 10.6 Å². The highest BCUT2D eigenvalue weighted by Gasteiger charge is 2.05. The molecule has 0 radical (unpaired) electrons. The molecule has 0 spiro atoms. The van der Waals surface area contributed by atoms with Gasteiger partial charge in [0.2, 0.25) is 0 Å². The van der Waals surface area contributed by atoms with Crippen LogP contribution in [0.3, 0.4) is 0 Å². The average molecular weight is 502 g/mol. The van der Waals surface area contributed by atoms with Crippen molar-refractivity contribution in [1.29, 1.82) is 0 Å². The molecule has 8 nitrogen and oxygen atoms in total. The zero-order chi connectivity index (χ0) is 19.5. The smallest absolute Gasteiger partial charge is 0.191 e.